The summed E-state index contributed by atoms with van der Waals surface area (Å²) in [5.74, 6) is 6.47. The molecular formula is C7H6S3. The Morgan fingerprint density at radius 2 is 2.20 bits per heavy atom. The summed E-state index contributed by atoms with van der Waals surface area (Å²) in [7, 11) is 1.64. The molecule has 1 heterocycles. The molecule has 0 bridgehead atoms. The van der Waals surface area contributed by atoms with Gasteiger partial charge in [-0.2, -0.15) is 0 Å². The molecule has 0 aromatic rings. The summed E-state index contributed by atoms with van der Waals surface area (Å²) < 4.78 is 0. The van der Waals surface area contributed by atoms with E-state index in [1.165, 1.54) is 0 Å². The highest BCUT2D eigenvalue weighted by molar-refractivity contribution is 8.83. The second kappa shape index (κ2) is 3.44. The zero-order chi connectivity index (χ0) is 7.56. The fourth-order valence-electron chi connectivity index (χ4n) is 0.735. The van der Waals surface area contributed by atoms with Gasteiger partial charge in [-0.05, 0) is 11.2 Å². The molecule has 3 unspecified atom stereocenters. The van der Waals surface area contributed by atoms with Gasteiger partial charge >= 0.3 is 0 Å². The zero-order valence-electron chi connectivity index (χ0n) is 5.24. The minimum Gasteiger partial charge on any atom is -0.120 e. The van der Waals surface area contributed by atoms with Gasteiger partial charge in [0.2, 0.25) is 0 Å². The lowest BCUT2D eigenvalue weighted by Crippen LogP contribution is -2.09. The van der Waals surface area contributed by atoms with E-state index >= 15 is 0 Å². The van der Waals surface area contributed by atoms with E-state index in [0.717, 1.165) is 5.75 Å². The highest BCUT2D eigenvalue weighted by Crippen LogP contribution is 2.32. The molecule has 1 fully saturated rings. The lowest BCUT2D eigenvalue weighted by molar-refractivity contribution is 0.834. The molecule has 10 heavy (non-hydrogen) atoms. The summed E-state index contributed by atoms with van der Waals surface area (Å²) in [5.41, 5.74) is 0. The van der Waals surface area contributed by atoms with Crippen molar-refractivity contribution in [2.24, 2.45) is 5.92 Å². The minimum absolute atomic E-state index is 0.0177. The molecule has 0 nitrogen and oxygen atoms in total. The Labute approximate surface area is 72.1 Å². The van der Waals surface area contributed by atoms with Crippen molar-refractivity contribution in [2.75, 3.05) is 5.75 Å². The first-order valence-corrected chi connectivity index (χ1v) is 6.47. The van der Waals surface area contributed by atoms with E-state index in [9.17, 15) is 0 Å². The Balaban J connectivity index is 2.71. The number of hydrogen-bond donors (Lipinski definition) is 0. The van der Waals surface area contributed by atoms with Crippen molar-refractivity contribution in [3.8, 4) is 24.7 Å². The first kappa shape index (κ1) is 8.14. The van der Waals surface area contributed by atoms with Gasteiger partial charge in [-0.1, -0.05) is 25.2 Å². The van der Waals surface area contributed by atoms with Crippen molar-refractivity contribution in [2.45, 2.75) is 5.25 Å². The average Bonchev–Trinajstić information content (AvgIpc) is 2.30. The van der Waals surface area contributed by atoms with Crippen LogP contribution in [0.15, 0.2) is 0 Å². The van der Waals surface area contributed by atoms with Crippen LogP contribution in [0.3, 0.4) is 0 Å². The molecule has 1 saturated heterocycles. The minimum atomic E-state index is -0.0177. The van der Waals surface area contributed by atoms with E-state index in [1.807, 2.05) is 0 Å². The number of hydrogen-bond acceptors (Lipinski definition) is 2. The Hall–Kier alpha value is 0.0400. The maximum Gasteiger partial charge on any atom is 0.0905 e. The van der Waals surface area contributed by atoms with Gasteiger partial charge in [-0.3, -0.25) is 0 Å². The molecule has 0 aromatic heterocycles. The monoisotopic (exact) mass is 186 g/mol. The van der Waals surface area contributed by atoms with Crippen LogP contribution in [-0.4, -0.2) is 11.0 Å². The largest absolute Gasteiger partial charge is 0.120 e. The standard InChI is InChI=1S/C7H6S3/c1-3-6-5-10(8)9-7(6)4-2/h1-2,6-7H,5H2. The predicted octanol–water partition coefficient (Wildman–Crippen LogP) is 0.980. The van der Waals surface area contributed by atoms with Crippen molar-refractivity contribution in [3.05, 3.63) is 0 Å². The van der Waals surface area contributed by atoms with Gasteiger partial charge in [-0.15, -0.1) is 18.8 Å². The summed E-state index contributed by atoms with van der Waals surface area (Å²) in [6, 6.07) is 0. The SMILES string of the molecule is C#CC1CS(=S)SC1C#C. The van der Waals surface area contributed by atoms with Crippen molar-refractivity contribution in [1.29, 1.82) is 0 Å². The van der Waals surface area contributed by atoms with Crippen LogP contribution in [0, 0.1) is 30.6 Å². The van der Waals surface area contributed by atoms with E-state index in [2.05, 4.69) is 11.8 Å². The van der Waals surface area contributed by atoms with Gasteiger partial charge < -0.3 is 0 Å². The molecule has 1 aliphatic rings. The molecule has 52 valence electrons. The molecule has 0 aliphatic carbocycles. The van der Waals surface area contributed by atoms with E-state index in [4.69, 9.17) is 24.0 Å². The molecule has 0 radical (unpaired) electrons. The van der Waals surface area contributed by atoms with E-state index < -0.39 is 0 Å². The first-order chi connectivity index (χ1) is 4.77. The van der Waals surface area contributed by atoms with Crippen LogP contribution in [0.2, 0.25) is 0 Å². The van der Waals surface area contributed by atoms with Crippen LogP contribution >= 0.6 is 10.8 Å². The van der Waals surface area contributed by atoms with Crippen molar-refractivity contribution in [1.82, 2.24) is 0 Å². The van der Waals surface area contributed by atoms with E-state index in [-0.39, 0.29) is 19.7 Å². The normalized spacial score (nSPS) is 38.4. The highest BCUT2D eigenvalue weighted by atomic mass is 33.3. The lowest BCUT2D eigenvalue weighted by Gasteiger charge is -2.01. The highest BCUT2D eigenvalue weighted by Gasteiger charge is 2.27. The average molecular weight is 186 g/mol. The second-order valence-corrected chi connectivity index (χ2v) is 7.19. The van der Waals surface area contributed by atoms with Crippen molar-refractivity contribution in [3.63, 3.8) is 0 Å². The maximum atomic E-state index is 5.26. The topological polar surface area (TPSA) is 0 Å². The van der Waals surface area contributed by atoms with Gasteiger partial charge in [0, 0.05) is 5.75 Å². The fraction of sp³-hybridized carbons (Fsp3) is 0.429. The number of rotatable bonds is 0. The Kier molecular flexibility index (Phi) is 2.80. The third-order valence-electron chi connectivity index (χ3n) is 1.27. The predicted molar refractivity (Wildman–Crippen MR) is 52.1 cm³/mol. The number of terminal acetylenes is 2. The molecule has 0 spiro atoms. The Bertz CT molecular complexity index is 206. The smallest absolute Gasteiger partial charge is 0.0905 e. The third kappa shape index (κ3) is 1.55. The van der Waals surface area contributed by atoms with E-state index in [0.29, 0.717) is 0 Å². The summed E-state index contributed by atoms with van der Waals surface area (Å²) in [4.78, 5) is 0. The van der Waals surface area contributed by atoms with Crippen LogP contribution in [0.5, 0.6) is 0 Å². The van der Waals surface area contributed by atoms with Gasteiger partial charge in [0.05, 0.1) is 11.2 Å². The third-order valence-corrected chi connectivity index (χ3v) is 5.58. The molecule has 1 aliphatic heterocycles. The fourth-order valence-corrected chi connectivity index (χ4v) is 5.25. The first-order valence-electron chi connectivity index (χ1n) is 2.75. The van der Waals surface area contributed by atoms with Gasteiger partial charge in [0.15, 0.2) is 0 Å². The molecule has 0 N–H and O–H groups in total. The molecule has 0 saturated carbocycles. The van der Waals surface area contributed by atoms with Crippen LogP contribution in [0.25, 0.3) is 0 Å². The van der Waals surface area contributed by atoms with Crippen LogP contribution in [-0.2, 0) is 19.7 Å². The molecule has 1 rings (SSSR count). The quantitative estimate of drug-likeness (QED) is 0.408. The maximum absolute atomic E-state index is 5.26. The molecule has 3 heteroatoms. The molecular weight excluding hydrogens is 180 g/mol. The summed E-state index contributed by atoms with van der Waals surface area (Å²) in [5, 5.41) is 0.172. The summed E-state index contributed by atoms with van der Waals surface area (Å²) in [6.07, 6.45) is 10.5. The van der Waals surface area contributed by atoms with Gasteiger partial charge in [0.25, 0.3) is 0 Å². The summed E-state index contributed by atoms with van der Waals surface area (Å²) >= 11 is 5.09. The van der Waals surface area contributed by atoms with Crippen LogP contribution in [0.1, 0.15) is 0 Å². The van der Waals surface area contributed by atoms with Crippen LogP contribution < -0.4 is 0 Å². The van der Waals surface area contributed by atoms with Crippen molar-refractivity contribution >= 4 is 30.5 Å². The van der Waals surface area contributed by atoms with Gasteiger partial charge in [-0.25, -0.2) is 0 Å². The Morgan fingerprint density at radius 1 is 1.50 bits per heavy atom. The van der Waals surface area contributed by atoms with Gasteiger partial charge in [0.1, 0.15) is 0 Å². The van der Waals surface area contributed by atoms with Crippen LogP contribution in [0.4, 0.5) is 0 Å². The summed E-state index contributed by atoms with van der Waals surface area (Å²) in [6.45, 7) is 0. The molecule has 3 atom stereocenters. The second-order valence-electron chi connectivity index (χ2n) is 1.93. The Morgan fingerprint density at radius 3 is 2.60 bits per heavy atom. The zero-order valence-corrected chi connectivity index (χ0v) is 7.69. The molecule has 0 aromatic carbocycles. The lowest BCUT2D eigenvalue weighted by atomic mass is 10.1. The van der Waals surface area contributed by atoms with E-state index in [1.54, 1.807) is 10.8 Å². The molecule has 0 amide bonds. The van der Waals surface area contributed by atoms with Crippen molar-refractivity contribution < 1.29 is 0 Å².